The van der Waals surface area contributed by atoms with Crippen LogP contribution in [0.25, 0.3) is 0 Å². The summed E-state index contributed by atoms with van der Waals surface area (Å²) in [4.78, 5) is 64.6. The van der Waals surface area contributed by atoms with Crippen LogP contribution in [0.15, 0.2) is 46.0 Å². The zero-order valence-electron chi connectivity index (χ0n) is 24.5. The summed E-state index contributed by atoms with van der Waals surface area (Å²) in [5.41, 5.74) is -0.135. The Bertz CT molecular complexity index is 1560. The Hall–Kier alpha value is -3.95. The number of amides is 3. The Labute approximate surface area is 261 Å². The van der Waals surface area contributed by atoms with Gasteiger partial charge < -0.3 is 19.9 Å². The predicted molar refractivity (Wildman–Crippen MR) is 159 cm³/mol. The first-order valence-corrected chi connectivity index (χ1v) is 15.2. The van der Waals surface area contributed by atoms with Crippen LogP contribution < -0.4 is 5.32 Å². The highest BCUT2D eigenvalue weighted by atomic mass is 35.5. The predicted octanol–water partition coefficient (Wildman–Crippen LogP) is 3.24. The van der Waals surface area contributed by atoms with Gasteiger partial charge in [0, 0.05) is 54.6 Å². The number of hydrogen-bond donors (Lipinski definition) is 1. The number of rotatable bonds is 7. The lowest BCUT2D eigenvalue weighted by atomic mass is 9.94. The highest BCUT2D eigenvalue weighted by Crippen LogP contribution is 2.38. The molecule has 3 aliphatic heterocycles. The molecule has 1 N–H and O–H groups in total. The second kappa shape index (κ2) is 12.2. The van der Waals surface area contributed by atoms with Crippen molar-refractivity contribution < 1.29 is 28.4 Å². The summed E-state index contributed by atoms with van der Waals surface area (Å²) >= 11 is 7.66. The maximum atomic E-state index is 14.7. The number of nitro groups is 1. The van der Waals surface area contributed by atoms with Crippen LogP contribution in [0.2, 0.25) is 5.02 Å². The Kier molecular flexibility index (Phi) is 8.73. The number of urea groups is 1. The van der Waals surface area contributed by atoms with Crippen molar-refractivity contribution in [3.63, 3.8) is 0 Å². The summed E-state index contributed by atoms with van der Waals surface area (Å²) in [7, 11) is 0. The molecule has 0 unspecified atom stereocenters. The standard InChI is InChI=1S/C28H31ClFN7O6S/c1-5-43-26(39)19-17(32-23(24-31-9-12-44-24)33-21(19)15-7-6-8-16(30)20(15)29)13-34-10-11-35-18(22(34)25(38)37(41)42)14-36(27(35)40)28(2,3)4/h6-9,12,18,21-22H,5,10-11,13-14H2,1-4H3,(H,32,33)/t18-,21-,22+/m0/s1. The summed E-state index contributed by atoms with van der Waals surface area (Å²) in [5.74, 6) is -2.47. The number of benzene rings is 1. The molecule has 0 bridgehead atoms. The lowest BCUT2D eigenvalue weighted by Gasteiger charge is -2.41. The third-order valence-electron chi connectivity index (χ3n) is 7.77. The number of carbonyl (C=O) groups is 3. The monoisotopic (exact) mass is 647 g/mol. The van der Waals surface area contributed by atoms with E-state index in [1.807, 2.05) is 20.8 Å². The number of amidine groups is 1. The van der Waals surface area contributed by atoms with Gasteiger partial charge in [-0.15, -0.1) is 11.3 Å². The summed E-state index contributed by atoms with van der Waals surface area (Å²) in [6, 6.07) is 0.638. The number of esters is 1. The smallest absolute Gasteiger partial charge is 0.463 e. The minimum Gasteiger partial charge on any atom is -0.463 e. The van der Waals surface area contributed by atoms with Crippen LogP contribution in [0.1, 0.15) is 44.3 Å². The molecular formula is C28H31ClFN7O6S. The molecule has 13 nitrogen and oxygen atoms in total. The largest absolute Gasteiger partial charge is 0.463 e. The molecule has 0 saturated carbocycles. The van der Waals surface area contributed by atoms with E-state index in [0.717, 1.165) is 0 Å². The maximum absolute atomic E-state index is 14.7. The molecule has 234 valence electrons. The Morgan fingerprint density at radius 1 is 1.30 bits per heavy atom. The number of piperazine rings is 1. The van der Waals surface area contributed by atoms with E-state index < -0.39 is 46.3 Å². The number of thiazole rings is 1. The van der Waals surface area contributed by atoms with Crippen LogP contribution in [0.5, 0.6) is 0 Å². The van der Waals surface area contributed by atoms with E-state index in [1.54, 1.807) is 34.4 Å². The minimum atomic E-state index is -1.31. The molecule has 3 amide bonds. The number of nitrogens with one attached hydrogen (secondary N) is 1. The number of aromatic nitrogens is 1. The quantitative estimate of drug-likeness (QED) is 0.271. The molecule has 44 heavy (non-hydrogen) atoms. The highest BCUT2D eigenvalue weighted by molar-refractivity contribution is 7.11. The lowest BCUT2D eigenvalue weighted by molar-refractivity contribution is -0.407. The molecule has 2 fully saturated rings. The van der Waals surface area contributed by atoms with E-state index in [1.165, 1.54) is 28.4 Å². The molecule has 2 saturated heterocycles. The van der Waals surface area contributed by atoms with Gasteiger partial charge in [0.05, 0.1) is 23.2 Å². The van der Waals surface area contributed by atoms with Gasteiger partial charge in [-0.3, -0.25) is 20.0 Å². The Balaban J connectivity index is 1.62. The van der Waals surface area contributed by atoms with Crippen molar-refractivity contribution >= 4 is 46.7 Å². The van der Waals surface area contributed by atoms with Crippen molar-refractivity contribution in [1.29, 1.82) is 0 Å². The van der Waals surface area contributed by atoms with E-state index in [2.05, 4.69) is 10.3 Å². The fraction of sp³-hybridized carbons (Fsp3) is 0.464. The first-order chi connectivity index (χ1) is 20.8. The van der Waals surface area contributed by atoms with Gasteiger partial charge in [-0.05, 0) is 33.8 Å². The fourth-order valence-corrected chi connectivity index (χ4v) is 6.57. The van der Waals surface area contributed by atoms with Crippen molar-refractivity contribution in [2.75, 3.05) is 32.8 Å². The van der Waals surface area contributed by atoms with E-state index in [4.69, 9.17) is 21.3 Å². The summed E-state index contributed by atoms with van der Waals surface area (Å²) in [6.07, 6.45) is 1.57. The van der Waals surface area contributed by atoms with E-state index in [9.17, 15) is 28.9 Å². The van der Waals surface area contributed by atoms with Gasteiger partial charge in [0.1, 0.15) is 16.8 Å². The number of fused-ring (bicyclic) bond motifs is 1. The number of aliphatic imine (C=N–C) groups is 1. The molecule has 1 aromatic carbocycles. The fourth-order valence-electron chi connectivity index (χ4n) is 5.76. The van der Waals surface area contributed by atoms with E-state index >= 15 is 0 Å². The van der Waals surface area contributed by atoms with Crippen LogP contribution in [0.3, 0.4) is 0 Å². The average Bonchev–Trinajstić information content (AvgIpc) is 3.62. The van der Waals surface area contributed by atoms with Crippen LogP contribution in [-0.4, -0.2) is 98.8 Å². The van der Waals surface area contributed by atoms with Crippen molar-refractivity contribution in [3.8, 4) is 0 Å². The normalized spacial score (nSPS) is 22.5. The molecule has 16 heteroatoms. The molecule has 3 atom stereocenters. The van der Waals surface area contributed by atoms with E-state index in [-0.39, 0.29) is 66.5 Å². The van der Waals surface area contributed by atoms with Gasteiger partial charge in [0.25, 0.3) is 0 Å². The van der Waals surface area contributed by atoms with Gasteiger partial charge in [0.2, 0.25) is 0 Å². The SMILES string of the molecule is CCOC(=O)C1=C(CN2CCN3C(=O)N(C(C)(C)C)C[C@H]3[C@@H]2C(=O)[N+](=O)[O-])NC(c2nccs2)=N[C@H]1c1cccc(F)c1Cl. The second-order valence-electron chi connectivity index (χ2n) is 11.4. The number of nitrogens with zero attached hydrogens (tertiary/aromatic N) is 6. The van der Waals surface area contributed by atoms with Gasteiger partial charge >= 0.3 is 17.9 Å². The molecule has 1 aromatic heterocycles. The molecule has 5 rings (SSSR count). The lowest BCUT2D eigenvalue weighted by Crippen LogP contribution is -2.63. The zero-order chi connectivity index (χ0) is 31.9. The Morgan fingerprint density at radius 3 is 2.68 bits per heavy atom. The van der Waals surface area contributed by atoms with Gasteiger partial charge in [-0.1, -0.05) is 23.7 Å². The van der Waals surface area contributed by atoms with Crippen molar-refractivity contribution in [2.45, 2.75) is 51.4 Å². The van der Waals surface area contributed by atoms with Crippen LogP contribution in [0.4, 0.5) is 9.18 Å². The summed E-state index contributed by atoms with van der Waals surface area (Å²) in [5, 5.41) is 17.0. The molecule has 0 aliphatic carbocycles. The zero-order valence-corrected chi connectivity index (χ0v) is 26.0. The van der Waals surface area contributed by atoms with Gasteiger partial charge in [-0.2, -0.15) is 0 Å². The van der Waals surface area contributed by atoms with Crippen LogP contribution >= 0.6 is 22.9 Å². The average molecular weight is 648 g/mol. The summed E-state index contributed by atoms with van der Waals surface area (Å²) < 4.78 is 20.0. The molecule has 0 spiro atoms. The number of carbonyl (C=O) groups excluding carboxylic acids is 3. The first kappa shape index (κ1) is 31.5. The minimum absolute atomic E-state index is 0.00760. The first-order valence-electron chi connectivity index (χ1n) is 13.9. The summed E-state index contributed by atoms with van der Waals surface area (Å²) in [6.45, 7) is 7.46. The number of halogens is 2. The number of hydrogen-bond acceptors (Lipinski definition) is 11. The Morgan fingerprint density at radius 2 is 2.05 bits per heavy atom. The molecule has 0 radical (unpaired) electrons. The van der Waals surface area contributed by atoms with Gasteiger partial charge in [0.15, 0.2) is 16.9 Å². The van der Waals surface area contributed by atoms with Crippen LogP contribution in [0, 0.1) is 15.9 Å². The molecule has 3 aliphatic rings. The van der Waals surface area contributed by atoms with E-state index in [0.29, 0.717) is 5.01 Å². The van der Waals surface area contributed by atoms with Gasteiger partial charge in [-0.25, -0.2) is 23.8 Å². The van der Waals surface area contributed by atoms with Crippen LogP contribution in [-0.2, 0) is 14.3 Å². The van der Waals surface area contributed by atoms with Crippen molar-refractivity contribution in [2.24, 2.45) is 4.99 Å². The maximum Gasteiger partial charge on any atom is 0.463 e. The third-order valence-corrected chi connectivity index (χ3v) is 8.95. The van der Waals surface area contributed by atoms with Crippen molar-refractivity contribution in [3.05, 3.63) is 72.6 Å². The second-order valence-corrected chi connectivity index (χ2v) is 12.7. The number of ether oxygens (including phenoxy) is 1. The molecule has 2 aromatic rings. The highest BCUT2D eigenvalue weighted by Gasteiger charge is 2.55. The van der Waals surface area contributed by atoms with Crippen molar-refractivity contribution in [1.82, 2.24) is 25.0 Å². The molecule has 4 heterocycles. The third kappa shape index (κ3) is 5.78. The topological polar surface area (TPSA) is 151 Å². The molecular weight excluding hydrogens is 617 g/mol.